The first-order chi connectivity index (χ1) is 16.3. The Morgan fingerprint density at radius 1 is 0.824 bits per heavy atom. The van der Waals surface area contributed by atoms with Crippen molar-refractivity contribution in [3.63, 3.8) is 0 Å². The maximum absolute atomic E-state index is 13.7. The molecule has 1 aliphatic heterocycles. The average Bonchev–Trinajstić information content (AvgIpc) is 3.08. The van der Waals surface area contributed by atoms with Crippen LogP contribution in [0.5, 0.6) is 11.5 Å². The molecular weight excluding hydrogens is 430 g/mol. The van der Waals surface area contributed by atoms with E-state index >= 15 is 0 Å². The summed E-state index contributed by atoms with van der Waals surface area (Å²) in [6.07, 6.45) is 0. The summed E-state index contributed by atoms with van der Waals surface area (Å²) in [7, 11) is 6.99. The molecule has 0 fully saturated rings. The van der Waals surface area contributed by atoms with Gasteiger partial charge in [-0.2, -0.15) is 0 Å². The monoisotopic (exact) mass is 457 g/mol. The van der Waals surface area contributed by atoms with Crippen LogP contribution in [0.15, 0.2) is 72.4 Å². The third-order valence-electron chi connectivity index (χ3n) is 5.67. The van der Waals surface area contributed by atoms with E-state index in [4.69, 9.17) is 9.47 Å². The van der Waals surface area contributed by atoms with Crippen LogP contribution >= 0.6 is 0 Å². The Morgan fingerprint density at radius 2 is 1.53 bits per heavy atom. The molecule has 1 aliphatic rings. The van der Waals surface area contributed by atoms with Crippen molar-refractivity contribution < 1.29 is 19.1 Å². The topological polar surface area (TPSA) is 71.1 Å². The number of benzene rings is 3. The fraction of sp³-hybridized carbons (Fsp3) is 0.185. The standard InChI is InChI=1S/C27H27N3O4/c1-17-7-6-8-21(15-17)30-26(31)24(18-9-14-22(33-4)23(16-18)34-5)25(27(30)32)28-19-10-12-20(13-11-19)29(2)3/h6-16,28H,1-5H3. The van der Waals surface area contributed by atoms with Gasteiger partial charge in [0.25, 0.3) is 11.8 Å². The number of hydrogen-bond acceptors (Lipinski definition) is 6. The highest BCUT2D eigenvalue weighted by Gasteiger charge is 2.40. The van der Waals surface area contributed by atoms with E-state index in [-0.39, 0.29) is 11.3 Å². The number of imide groups is 1. The van der Waals surface area contributed by atoms with Crippen molar-refractivity contribution in [3.8, 4) is 11.5 Å². The number of nitrogens with zero attached hydrogens (tertiary/aromatic N) is 2. The molecular formula is C27H27N3O4. The number of carbonyl (C=O) groups excluding carboxylic acids is 2. The predicted octanol–water partition coefficient (Wildman–Crippen LogP) is 4.47. The molecule has 3 aromatic rings. The third-order valence-corrected chi connectivity index (χ3v) is 5.67. The number of ether oxygens (including phenoxy) is 2. The molecule has 1 N–H and O–H groups in total. The summed E-state index contributed by atoms with van der Waals surface area (Å²) in [5, 5.41) is 3.19. The number of nitrogens with one attached hydrogen (secondary N) is 1. The Hall–Kier alpha value is -4.26. The normalized spacial score (nSPS) is 13.4. The van der Waals surface area contributed by atoms with Gasteiger partial charge in [0.2, 0.25) is 0 Å². The second kappa shape index (κ2) is 9.31. The van der Waals surface area contributed by atoms with Gasteiger partial charge in [-0.25, -0.2) is 4.90 Å². The maximum Gasteiger partial charge on any atom is 0.282 e. The number of rotatable bonds is 7. The number of methoxy groups -OCH3 is 2. The molecule has 2 amide bonds. The number of aryl methyl sites for hydroxylation is 1. The Balaban J connectivity index is 1.82. The van der Waals surface area contributed by atoms with Crippen molar-refractivity contribution in [2.45, 2.75) is 6.92 Å². The summed E-state index contributed by atoms with van der Waals surface area (Å²) in [4.78, 5) is 30.4. The van der Waals surface area contributed by atoms with Crippen molar-refractivity contribution >= 4 is 34.4 Å². The zero-order valence-electron chi connectivity index (χ0n) is 19.9. The summed E-state index contributed by atoms with van der Waals surface area (Å²) in [6.45, 7) is 1.92. The Bertz CT molecular complexity index is 1280. The molecule has 4 rings (SSSR count). The van der Waals surface area contributed by atoms with Crippen LogP contribution in [0.25, 0.3) is 5.57 Å². The van der Waals surface area contributed by atoms with Gasteiger partial charge in [0.1, 0.15) is 5.70 Å². The van der Waals surface area contributed by atoms with E-state index in [0.29, 0.717) is 28.4 Å². The highest BCUT2D eigenvalue weighted by atomic mass is 16.5. The number of anilines is 3. The number of hydrogen-bond donors (Lipinski definition) is 1. The van der Waals surface area contributed by atoms with E-state index in [1.165, 1.54) is 12.0 Å². The summed E-state index contributed by atoms with van der Waals surface area (Å²) in [5.74, 6) is 0.177. The highest BCUT2D eigenvalue weighted by Crippen LogP contribution is 2.37. The molecule has 0 unspecified atom stereocenters. The summed E-state index contributed by atoms with van der Waals surface area (Å²) >= 11 is 0. The molecule has 0 atom stereocenters. The minimum atomic E-state index is -0.419. The lowest BCUT2D eigenvalue weighted by Gasteiger charge is -2.16. The van der Waals surface area contributed by atoms with Crippen molar-refractivity contribution in [2.75, 3.05) is 43.4 Å². The molecule has 34 heavy (non-hydrogen) atoms. The van der Waals surface area contributed by atoms with Gasteiger partial charge in [-0.15, -0.1) is 0 Å². The summed E-state index contributed by atoms with van der Waals surface area (Å²) in [5.41, 5.74) is 4.22. The zero-order valence-corrected chi connectivity index (χ0v) is 19.9. The molecule has 0 spiro atoms. The predicted molar refractivity (Wildman–Crippen MR) is 135 cm³/mol. The van der Waals surface area contributed by atoms with Gasteiger partial charge < -0.3 is 19.7 Å². The molecule has 1 heterocycles. The number of carbonyl (C=O) groups is 2. The quantitative estimate of drug-likeness (QED) is 0.528. The van der Waals surface area contributed by atoms with Crippen LogP contribution in [0.4, 0.5) is 17.1 Å². The van der Waals surface area contributed by atoms with E-state index in [1.807, 2.05) is 68.4 Å². The van der Waals surface area contributed by atoms with Crippen LogP contribution < -0.4 is 24.6 Å². The summed E-state index contributed by atoms with van der Waals surface area (Å²) in [6, 6.07) is 20.1. The van der Waals surface area contributed by atoms with Crippen LogP contribution in [0.2, 0.25) is 0 Å². The largest absolute Gasteiger partial charge is 0.493 e. The van der Waals surface area contributed by atoms with Gasteiger partial charge in [-0.3, -0.25) is 9.59 Å². The van der Waals surface area contributed by atoms with E-state index in [2.05, 4.69) is 5.32 Å². The fourth-order valence-electron chi connectivity index (χ4n) is 3.89. The minimum absolute atomic E-state index is 0.205. The Kier molecular flexibility index (Phi) is 6.27. The molecule has 174 valence electrons. The van der Waals surface area contributed by atoms with Crippen LogP contribution in [0, 0.1) is 6.92 Å². The lowest BCUT2D eigenvalue weighted by atomic mass is 10.0. The van der Waals surface area contributed by atoms with E-state index < -0.39 is 11.8 Å². The molecule has 0 saturated heterocycles. The van der Waals surface area contributed by atoms with Crippen LogP contribution in [-0.4, -0.2) is 40.1 Å². The second-order valence-electron chi connectivity index (χ2n) is 8.17. The molecule has 0 bridgehead atoms. The van der Waals surface area contributed by atoms with Crippen molar-refractivity contribution in [1.82, 2.24) is 0 Å². The minimum Gasteiger partial charge on any atom is -0.493 e. The molecule has 0 saturated carbocycles. The fourth-order valence-corrected chi connectivity index (χ4v) is 3.89. The van der Waals surface area contributed by atoms with Gasteiger partial charge in [0.15, 0.2) is 11.5 Å². The van der Waals surface area contributed by atoms with Gasteiger partial charge in [-0.05, 0) is 66.6 Å². The summed E-state index contributed by atoms with van der Waals surface area (Å²) < 4.78 is 10.8. The molecule has 0 radical (unpaired) electrons. The van der Waals surface area contributed by atoms with Gasteiger partial charge >= 0.3 is 0 Å². The average molecular weight is 458 g/mol. The first kappa shape index (κ1) is 22.9. The first-order valence-electron chi connectivity index (χ1n) is 10.8. The van der Waals surface area contributed by atoms with Crippen LogP contribution in [-0.2, 0) is 9.59 Å². The third kappa shape index (κ3) is 4.20. The molecule has 0 aliphatic carbocycles. The van der Waals surface area contributed by atoms with Crippen molar-refractivity contribution in [2.24, 2.45) is 0 Å². The van der Waals surface area contributed by atoms with Gasteiger partial charge in [-0.1, -0.05) is 18.2 Å². The SMILES string of the molecule is COc1ccc(C2=C(Nc3ccc(N(C)C)cc3)C(=O)N(c3cccc(C)c3)C2=O)cc1OC. The second-order valence-corrected chi connectivity index (χ2v) is 8.17. The molecule has 7 nitrogen and oxygen atoms in total. The number of amides is 2. The molecule has 0 aromatic heterocycles. The highest BCUT2D eigenvalue weighted by molar-refractivity contribution is 6.46. The van der Waals surface area contributed by atoms with E-state index in [9.17, 15) is 9.59 Å². The Labute approximate surface area is 199 Å². The lowest BCUT2D eigenvalue weighted by molar-refractivity contribution is -0.120. The Morgan fingerprint density at radius 3 is 2.15 bits per heavy atom. The van der Waals surface area contributed by atoms with Crippen LogP contribution in [0.1, 0.15) is 11.1 Å². The van der Waals surface area contributed by atoms with Crippen molar-refractivity contribution in [3.05, 3.63) is 83.6 Å². The van der Waals surface area contributed by atoms with Gasteiger partial charge in [0.05, 0.1) is 25.5 Å². The zero-order chi connectivity index (χ0) is 24.4. The van der Waals surface area contributed by atoms with Crippen molar-refractivity contribution in [1.29, 1.82) is 0 Å². The lowest BCUT2D eigenvalue weighted by Crippen LogP contribution is -2.32. The van der Waals surface area contributed by atoms with Gasteiger partial charge in [0, 0.05) is 25.5 Å². The molecule has 7 heteroatoms. The van der Waals surface area contributed by atoms with Crippen LogP contribution in [0.3, 0.4) is 0 Å². The molecule has 3 aromatic carbocycles. The smallest absolute Gasteiger partial charge is 0.282 e. The van der Waals surface area contributed by atoms with E-state index in [1.54, 1.807) is 31.4 Å². The maximum atomic E-state index is 13.7. The first-order valence-corrected chi connectivity index (χ1v) is 10.8. The van der Waals surface area contributed by atoms with E-state index in [0.717, 1.165) is 11.3 Å².